The molecule has 1 N–H and O–H groups in total. The monoisotopic (exact) mass is 426 g/mol. The van der Waals surface area contributed by atoms with Crippen molar-refractivity contribution in [3.05, 3.63) is 22.2 Å². The average Bonchev–Trinajstić information content (AvgIpc) is 2.58. The van der Waals surface area contributed by atoms with Crippen molar-refractivity contribution in [2.24, 2.45) is 0 Å². The Bertz CT molecular complexity index is 483. The summed E-state index contributed by atoms with van der Waals surface area (Å²) >= 11 is 0. The summed E-state index contributed by atoms with van der Waals surface area (Å²) in [6.07, 6.45) is 5.04. The molecule has 0 aromatic rings. The van der Waals surface area contributed by atoms with Crippen molar-refractivity contribution in [2.45, 2.75) is 78.0 Å². The van der Waals surface area contributed by atoms with Gasteiger partial charge in [-0.1, -0.05) is 31.6 Å². The van der Waals surface area contributed by atoms with Gasteiger partial charge in [-0.15, -0.1) is 0 Å². The minimum atomic E-state index is -1.55. The van der Waals surface area contributed by atoms with Crippen LogP contribution in [-0.2, 0) is 26.1 Å². The second-order valence-electron chi connectivity index (χ2n) is 8.38. The Morgan fingerprint density at radius 2 is 1.74 bits per heavy atom. The van der Waals surface area contributed by atoms with Gasteiger partial charge in [0.2, 0.25) is 0 Å². The minimum absolute atomic E-state index is 0. The molecule has 1 aliphatic heterocycles. The molecular formula is C16H30Cl2NOSi2Ti. The summed E-state index contributed by atoms with van der Waals surface area (Å²) in [6, 6.07) is 1.36. The molecule has 2 aliphatic rings. The molecule has 1 aliphatic carbocycles. The topological polar surface area (TPSA) is 21.3 Å². The molecule has 2 nitrogen and oxygen atoms in total. The maximum atomic E-state index is 6.34. The van der Waals surface area contributed by atoms with E-state index in [4.69, 9.17) is 4.43 Å². The van der Waals surface area contributed by atoms with Gasteiger partial charge in [0.05, 0.1) is 0 Å². The van der Waals surface area contributed by atoms with Gasteiger partial charge in [0.15, 0.2) is 8.32 Å². The van der Waals surface area contributed by atoms with Crippen LogP contribution in [0.15, 0.2) is 16.1 Å². The third kappa shape index (κ3) is 6.02. The fourth-order valence-electron chi connectivity index (χ4n) is 3.14. The van der Waals surface area contributed by atoms with Crippen molar-refractivity contribution in [3.63, 3.8) is 0 Å². The summed E-state index contributed by atoms with van der Waals surface area (Å²) in [5.74, 6) is 0. The maximum Gasteiger partial charge on any atom is 3.00 e. The Morgan fingerprint density at radius 1 is 1.22 bits per heavy atom. The summed E-state index contributed by atoms with van der Waals surface area (Å²) in [7, 11) is -2.82. The van der Waals surface area contributed by atoms with Crippen molar-refractivity contribution >= 4 is 16.4 Å². The fraction of sp³-hybridized carbons (Fsp3) is 0.750. The number of allylic oxidation sites excluding steroid dienone is 2. The van der Waals surface area contributed by atoms with E-state index in [1.165, 1.54) is 18.2 Å². The van der Waals surface area contributed by atoms with Gasteiger partial charge in [0.1, 0.15) is 0 Å². The van der Waals surface area contributed by atoms with Crippen LogP contribution >= 0.6 is 0 Å². The zero-order chi connectivity index (χ0) is 15.3. The van der Waals surface area contributed by atoms with Crippen LogP contribution in [0.5, 0.6) is 0 Å². The molecule has 0 bridgehead atoms. The van der Waals surface area contributed by atoms with Crippen LogP contribution in [0.4, 0.5) is 0 Å². The SMILES string of the molecule is CCC[Si]1(C)C2=[C-]C(O[Si](C)(C)C)C(NC(C)(C)C)=C21.[Cl-].[Cl-].[Ti+3]. The van der Waals surface area contributed by atoms with Gasteiger partial charge < -0.3 is 34.6 Å². The molecule has 7 heteroatoms. The molecule has 2 unspecified atom stereocenters. The van der Waals surface area contributed by atoms with Crippen LogP contribution < -0.4 is 30.1 Å². The predicted molar refractivity (Wildman–Crippen MR) is 91.6 cm³/mol. The first kappa shape index (κ1) is 26.2. The van der Waals surface area contributed by atoms with E-state index in [0.717, 1.165) is 0 Å². The number of hydrogen-bond acceptors (Lipinski definition) is 2. The minimum Gasteiger partial charge on any atom is -1.00 e. The number of halogens is 2. The van der Waals surface area contributed by atoms with Crippen molar-refractivity contribution in [2.75, 3.05) is 0 Å². The van der Waals surface area contributed by atoms with E-state index in [-0.39, 0.29) is 58.2 Å². The fourth-order valence-corrected chi connectivity index (χ4v) is 8.43. The molecule has 0 aromatic carbocycles. The molecule has 1 heterocycles. The molecular weight excluding hydrogens is 397 g/mol. The number of fused-ring (bicyclic) bond motifs is 1. The van der Waals surface area contributed by atoms with E-state index < -0.39 is 16.4 Å². The Morgan fingerprint density at radius 3 is 2.13 bits per heavy atom. The summed E-state index contributed by atoms with van der Waals surface area (Å²) in [6.45, 7) is 18.2. The Hall–Kier alpha value is 0.968. The van der Waals surface area contributed by atoms with Crippen LogP contribution in [0, 0.1) is 6.08 Å². The van der Waals surface area contributed by atoms with Crippen LogP contribution in [0.2, 0.25) is 32.2 Å². The zero-order valence-electron chi connectivity index (χ0n) is 15.7. The van der Waals surface area contributed by atoms with Crippen molar-refractivity contribution < 1.29 is 51.0 Å². The van der Waals surface area contributed by atoms with E-state index in [1.807, 2.05) is 0 Å². The van der Waals surface area contributed by atoms with Gasteiger partial charge in [-0.05, 0) is 48.5 Å². The van der Waals surface area contributed by atoms with Crippen LogP contribution in [0.25, 0.3) is 0 Å². The standard InChI is InChI=1S/C16H30NOSi2.2ClH.Ti/c1-9-10-20(8)13-11-12(18-19(5,6)7)14(15(13)20)17-16(2,3)4;;;/h12,17H,9-10H2,1-8H3;2*1H;/q-1;;;+3/p-2. The Balaban J connectivity index is 0. The van der Waals surface area contributed by atoms with E-state index in [0.29, 0.717) is 0 Å². The van der Waals surface area contributed by atoms with E-state index in [1.54, 1.807) is 10.4 Å². The number of hydrogen-bond donors (Lipinski definition) is 1. The summed E-state index contributed by atoms with van der Waals surface area (Å²) in [5, 5.41) is 6.90. The van der Waals surface area contributed by atoms with Gasteiger partial charge in [-0.25, -0.2) is 11.3 Å². The van der Waals surface area contributed by atoms with Crippen LogP contribution in [0.3, 0.4) is 0 Å². The van der Waals surface area contributed by atoms with Crippen molar-refractivity contribution in [3.8, 4) is 0 Å². The van der Waals surface area contributed by atoms with Crippen LogP contribution in [-0.4, -0.2) is 28.0 Å². The first-order valence-electron chi connectivity index (χ1n) is 7.83. The molecule has 0 amide bonds. The van der Waals surface area contributed by atoms with Crippen LogP contribution in [0.1, 0.15) is 34.1 Å². The molecule has 0 aromatic heterocycles. The first-order valence-corrected chi connectivity index (χ1v) is 13.9. The second kappa shape index (κ2) is 8.57. The molecule has 2 atom stereocenters. The van der Waals surface area contributed by atoms with E-state index >= 15 is 0 Å². The van der Waals surface area contributed by atoms with E-state index in [2.05, 4.69) is 65.3 Å². The first-order chi connectivity index (χ1) is 8.98. The van der Waals surface area contributed by atoms with Gasteiger partial charge in [-0.3, -0.25) is 0 Å². The molecule has 0 saturated carbocycles. The Kier molecular flexibility index (Phi) is 9.76. The number of rotatable bonds is 5. The van der Waals surface area contributed by atoms with Crippen molar-refractivity contribution in [1.29, 1.82) is 0 Å². The molecule has 1 fully saturated rings. The smallest absolute Gasteiger partial charge is 1.00 e. The summed E-state index contributed by atoms with van der Waals surface area (Å²) < 4.78 is 6.34. The van der Waals surface area contributed by atoms with Gasteiger partial charge >= 0.3 is 21.7 Å². The van der Waals surface area contributed by atoms with Gasteiger partial charge in [0.25, 0.3) is 0 Å². The summed E-state index contributed by atoms with van der Waals surface area (Å²) in [5.41, 5.74) is 1.43. The van der Waals surface area contributed by atoms with E-state index in [9.17, 15) is 0 Å². The molecule has 1 saturated heterocycles. The largest absolute Gasteiger partial charge is 3.00 e. The maximum absolute atomic E-state index is 6.34. The molecule has 0 spiro atoms. The van der Waals surface area contributed by atoms with Crippen molar-refractivity contribution in [1.82, 2.24) is 5.32 Å². The normalized spacial score (nSPS) is 25.6. The number of nitrogens with one attached hydrogen (secondary N) is 1. The molecule has 131 valence electrons. The summed E-state index contributed by atoms with van der Waals surface area (Å²) in [4.78, 5) is 0. The third-order valence-electron chi connectivity index (χ3n) is 3.83. The molecule has 23 heavy (non-hydrogen) atoms. The Labute approximate surface area is 172 Å². The predicted octanol–water partition coefficient (Wildman–Crippen LogP) is -1.82. The zero-order valence-corrected chi connectivity index (χ0v) is 20.7. The van der Waals surface area contributed by atoms with Gasteiger partial charge in [-0.2, -0.15) is 5.20 Å². The quantitative estimate of drug-likeness (QED) is 0.412. The second-order valence-corrected chi connectivity index (χ2v) is 17.0. The molecule has 1 radical (unpaired) electrons. The van der Waals surface area contributed by atoms with Gasteiger partial charge in [0, 0.05) is 11.6 Å². The third-order valence-corrected chi connectivity index (χ3v) is 9.14. The molecule has 2 rings (SSSR count). The average molecular weight is 427 g/mol.